The fourth-order valence-corrected chi connectivity index (χ4v) is 2.95. The second-order valence-corrected chi connectivity index (χ2v) is 5.78. The molecule has 1 N–H and O–H groups in total. The van der Waals surface area contributed by atoms with Crippen LogP contribution in [0.15, 0.2) is 41.1 Å². The maximum atomic E-state index is 3.43. The molecular formula is C16H22N2S. The molecule has 0 aliphatic rings. The Kier molecular flexibility index (Phi) is 5.00. The van der Waals surface area contributed by atoms with Gasteiger partial charge in [0.2, 0.25) is 0 Å². The molecule has 0 aliphatic heterocycles. The lowest BCUT2D eigenvalue weighted by Gasteiger charge is -2.19. The minimum atomic E-state index is 0.416. The molecule has 2 nitrogen and oxygen atoms in total. The zero-order valence-corrected chi connectivity index (χ0v) is 12.7. The van der Waals surface area contributed by atoms with Gasteiger partial charge < -0.3 is 10.2 Å². The fourth-order valence-electron chi connectivity index (χ4n) is 2.24. The van der Waals surface area contributed by atoms with Crippen molar-refractivity contribution in [2.75, 3.05) is 26.0 Å². The molecule has 0 spiro atoms. The SMILES string of the molecule is CNC(CCc1ccsc1)c1cccc(N(C)C)c1. The van der Waals surface area contributed by atoms with E-state index in [4.69, 9.17) is 0 Å². The Hall–Kier alpha value is -1.32. The summed E-state index contributed by atoms with van der Waals surface area (Å²) in [4.78, 5) is 2.15. The average Bonchev–Trinajstić information content (AvgIpc) is 2.93. The molecule has 0 aliphatic carbocycles. The Morgan fingerprint density at radius 3 is 2.74 bits per heavy atom. The zero-order chi connectivity index (χ0) is 13.7. The third-order valence-electron chi connectivity index (χ3n) is 3.44. The quantitative estimate of drug-likeness (QED) is 0.864. The summed E-state index contributed by atoms with van der Waals surface area (Å²) >= 11 is 1.77. The van der Waals surface area contributed by atoms with Crippen LogP contribution in [0, 0.1) is 0 Å². The molecule has 102 valence electrons. The van der Waals surface area contributed by atoms with Crippen molar-refractivity contribution >= 4 is 17.0 Å². The van der Waals surface area contributed by atoms with Gasteiger partial charge in [0.15, 0.2) is 0 Å². The van der Waals surface area contributed by atoms with Crippen LogP contribution in [0.5, 0.6) is 0 Å². The van der Waals surface area contributed by atoms with Crippen molar-refractivity contribution in [3.63, 3.8) is 0 Å². The molecule has 0 saturated carbocycles. The van der Waals surface area contributed by atoms with E-state index < -0.39 is 0 Å². The molecule has 1 unspecified atom stereocenters. The fraction of sp³-hybridized carbons (Fsp3) is 0.375. The van der Waals surface area contributed by atoms with Crippen LogP contribution in [0.3, 0.4) is 0 Å². The second-order valence-electron chi connectivity index (χ2n) is 5.00. The lowest BCUT2D eigenvalue weighted by Crippen LogP contribution is -2.18. The highest BCUT2D eigenvalue weighted by Gasteiger charge is 2.10. The van der Waals surface area contributed by atoms with Crippen LogP contribution >= 0.6 is 11.3 Å². The molecule has 2 rings (SSSR count). The minimum Gasteiger partial charge on any atom is -0.378 e. The number of thiophene rings is 1. The van der Waals surface area contributed by atoms with Crippen LogP contribution in [-0.2, 0) is 6.42 Å². The smallest absolute Gasteiger partial charge is 0.0364 e. The number of benzene rings is 1. The lowest BCUT2D eigenvalue weighted by atomic mass is 9.99. The number of nitrogens with one attached hydrogen (secondary N) is 1. The molecular weight excluding hydrogens is 252 g/mol. The monoisotopic (exact) mass is 274 g/mol. The van der Waals surface area contributed by atoms with Gasteiger partial charge in [0.05, 0.1) is 0 Å². The molecule has 0 saturated heterocycles. The molecule has 0 radical (unpaired) electrons. The van der Waals surface area contributed by atoms with Crippen molar-refractivity contribution in [3.8, 4) is 0 Å². The van der Waals surface area contributed by atoms with Crippen LogP contribution in [0.1, 0.15) is 23.6 Å². The molecule has 0 bridgehead atoms. The molecule has 0 amide bonds. The van der Waals surface area contributed by atoms with Gasteiger partial charge in [-0.3, -0.25) is 0 Å². The van der Waals surface area contributed by atoms with Crippen LogP contribution in [0.2, 0.25) is 0 Å². The van der Waals surface area contributed by atoms with E-state index in [1.807, 2.05) is 7.05 Å². The highest BCUT2D eigenvalue weighted by molar-refractivity contribution is 7.07. The summed E-state index contributed by atoms with van der Waals surface area (Å²) in [6, 6.07) is 11.4. The maximum Gasteiger partial charge on any atom is 0.0364 e. The van der Waals surface area contributed by atoms with E-state index in [2.05, 4.69) is 65.4 Å². The first-order valence-corrected chi connectivity index (χ1v) is 7.60. The second kappa shape index (κ2) is 6.73. The van der Waals surface area contributed by atoms with Gasteiger partial charge in [-0.1, -0.05) is 12.1 Å². The number of hydrogen-bond acceptors (Lipinski definition) is 3. The minimum absolute atomic E-state index is 0.416. The van der Waals surface area contributed by atoms with E-state index in [1.54, 1.807) is 11.3 Å². The van der Waals surface area contributed by atoms with Crippen molar-refractivity contribution in [1.29, 1.82) is 0 Å². The maximum absolute atomic E-state index is 3.43. The van der Waals surface area contributed by atoms with Crippen LogP contribution in [0.4, 0.5) is 5.69 Å². The van der Waals surface area contributed by atoms with E-state index in [-0.39, 0.29) is 0 Å². The van der Waals surface area contributed by atoms with Crippen molar-refractivity contribution in [2.24, 2.45) is 0 Å². The van der Waals surface area contributed by atoms with E-state index in [0.717, 1.165) is 12.8 Å². The van der Waals surface area contributed by atoms with Gasteiger partial charge >= 0.3 is 0 Å². The highest BCUT2D eigenvalue weighted by Crippen LogP contribution is 2.23. The van der Waals surface area contributed by atoms with E-state index in [9.17, 15) is 0 Å². The number of nitrogens with zero attached hydrogens (tertiary/aromatic N) is 1. The molecule has 3 heteroatoms. The first-order valence-electron chi connectivity index (χ1n) is 6.66. The predicted molar refractivity (Wildman–Crippen MR) is 85.2 cm³/mol. The molecule has 0 fully saturated rings. The molecule has 1 aromatic carbocycles. The van der Waals surface area contributed by atoms with Crippen molar-refractivity contribution < 1.29 is 0 Å². The van der Waals surface area contributed by atoms with Crippen LogP contribution in [-0.4, -0.2) is 21.1 Å². The lowest BCUT2D eigenvalue weighted by molar-refractivity contribution is 0.549. The van der Waals surface area contributed by atoms with Crippen LogP contribution in [0.25, 0.3) is 0 Å². The Bertz CT molecular complexity index is 491. The summed E-state index contributed by atoms with van der Waals surface area (Å²) in [5, 5.41) is 7.82. The summed E-state index contributed by atoms with van der Waals surface area (Å²) < 4.78 is 0. The third-order valence-corrected chi connectivity index (χ3v) is 4.17. The van der Waals surface area contributed by atoms with E-state index in [1.165, 1.54) is 16.8 Å². The Labute approximate surface area is 120 Å². The summed E-state index contributed by atoms with van der Waals surface area (Å²) in [6.07, 6.45) is 2.26. The molecule has 1 atom stereocenters. The summed E-state index contributed by atoms with van der Waals surface area (Å²) in [6.45, 7) is 0. The number of hydrogen-bond donors (Lipinski definition) is 1. The Balaban J connectivity index is 2.06. The molecule has 2 aromatic rings. The Morgan fingerprint density at radius 2 is 2.11 bits per heavy atom. The van der Waals surface area contributed by atoms with Gasteiger partial charge in [-0.05, 0) is 60.0 Å². The van der Waals surface area contributed by atoms with E-state index >= 15 is 0 Å². The van der Waals surface area contributed by atoms with Gasteiger partial charge in [0.25, 0.3) is 0 Å². The number of aryl methyl sites for hydroxylation is 1. The Morgan fingerprint density at radius 1 is 1.26 bits per heavy atom. The standard InChI is InChI=1S/C16H22N2S/c1-17-16(8-7-13-9-10-19-12-13)14-5-4-6-15(11-14)18(2)3/h4-6,9-12,16-17H,7-8H2,1-3H3. The molecule has 1 aromatic heterocycles. The predicted octanol–water partition coefficient (Wildman–Crippen LogP) is 3.71. The number of anilines is 1. The topological polar surface area (TPSA) is 15.3 Å². The van der Waals surface area contributed by atoms with Crippen LogP contribution < -0.4 is 10.2 Å². The molecule has 19 heavy (non-hydrogen) atoms. The average molecular weight is 274 g/mol. The summed E-state index contributed by atoms with van der Waals surface area (Å²) in [5.41, 5.74) is 4.06. The van der Waals surface area contributed by atoms with E-state index in [0.29, 0.717) is 6.04 Å². The van der Waals surface area contributed by atoms with Gasteiger partial charge in [-0.15, -0.1) is 0 Å². The largest absolute Gasteiger partial charge is 0.378 e. The first kappa shape index (κ1) is 14.1. The summed E-state index contributed by atoms with van der Waals surface area (Å²) in [5.74, 6) is 0. The van der Waals surface area contributed by atoms with Gasteiger partial charge in [0.1, 0.15) is 0 Å². The zero-order valence-electron chi connectivity index (χ0n) is 11.9. The van der Waals surface area contributed by atoms with Gasteiger partial charge in [-0.25, -0.2) is 0 Å². The van der Waals surface area contributed by atoms with Crippen molar-refractivity contribution in [3.05, 3.63) is 52.2 Å². The van der Waals surface area contributed by atoms with Crippen molar-refractivity contribution in [2.45, 2.75) is 18.9 Å². The third kappa shape index (κ3) is 3.82. The van der Waals surface area contributed by atoms with Gasteiger partial charge in [-0.2, -0.15) is 11.3 Å². The first-order chi connectivity index (χ1) is 9.20. The molecule has 1 heterocycles. The van der Waals surface area contributed by atoms with Gasteiger partial charge in [0, 0.05) is 25.8 Å². The normalized spacial score (nSPS) is 12.4. The highest BCUT2D eigenvalue weighted by atomic mass is 32.1. The number of rotatable bonds is 6. The van der Waals surface area contributed by atoms with Crippen molar-refractivity contribution in [1.82, 2.24) is 5.32 Å². The summed E-state index contributed by atoms with van der Waals surface area (Å²) in [7, 11) is 6.21.